The smallest absolute Gasteiger partial charge is 0.120 e. The molecule has 0 fully saturated rings. The summed E-state index contributed by atoms with van der Waals surface area (Å²) in [5.41, 5.74) is 1.46. The molecule has 0 amide bonds. The average molecular weight is 354 g/mol. The maximum atomic E-state index is 2.89. The van der Waals surface area contributed by atoms with Crippen LogP contribution in [-0.4, -0.2) is 33.5 Å². The molecular formula is C16H32NPSi3. The molecule has 0 aromatic heterocycles. The summed E-state index contributed by atoms with van der Waals surface area (Å²) in [5, 5.41) is 0. The van der Waals surface area contributed by atoms with E-state index in [4.69, 9.17) is 0 Å². The fourth-order valence-corrected chi connectivity index (χ4v) is 17.3. The summed E-state index contributed by atoms with van der Waals surface area (Å²) < 4.78 is 2.89. The fraction of sp³-hybridized carbons (Fsp3) is 0.562. The largest absolute Gasteiger partial charge is 0.300 e. The molecule has 0 aliphatic rings. The van der Waals surface area contributed by atoms with Gasteiger partial charge in [-0.05, 0) is 18.8 Å². The Labute approximate surface area is 136 Å². The Morgan fingerprint density at radius 2 is 1.19 bits per heavy atom. The zero-order valence-corrected chi connectivity index (χ0v) is 19.2. The lowest BCUT2D eigenvalue weighted by Crippen LogP contribution is -2.54. The summed E-state index contributed by atoms with van der Waals surface area (Å²) in [5.74, 6) is 0. The zero-order chi connectivity index (χ0) is 16.5. The molecule has 0 unspecified atom stereocenters. The van der Waals surface area contributed by atoms with Crippen molar-refractivity contribution in [3.8, 4) is 0 Å². The van der Waals surface area contributed by atoms with Crippen LogP contribution in [0.3, 0.4) is 0 Å². The molecular weight excluding hydrogens is 321 g/mol. The van der Waals surface area contributed by atoms with Crippen LogP contribution in [0.15, 0.2) is 30.3 Å². The normalized spacial score (nSPS) is 14.7. The predicted octanol–water partition coefficient (Wildman–Crippen LogP) is 5.92. The first kappa shape index (κ1) is 19.0. The third-order valence-corrected chi connectivity index (χ3v) is 18.7. The van der Waals surface area contributed by atoms with Crippen molar-refractivity contribution >= 4 is 37.8 Å². The molecule has 1 aromatic rings. The van der Waals surface area contributed by atoms with Gasteiger partial charge in [-0.1, -0.05) is 89.3 Å². The highest BCUT2D eigenvalue weighted by Gasteiger charge is 2.35. The second-order valence-electron chi connectivity index (χ2n) is 8.72. The number of benzene rings is 1. The van der Waals surface area contributed by atoms with Crippen molar-refractivity contribution < 1.29 is 0 Å². The summed E-state index contributed by atoms with van der Waals surface area (Å²) in [6, 6.07) is 11.1. The van der Waals surface area contributed by atoms with Gasteiger partial charge >= 0.3 is 0 Å². The van der Waals surface area contributed by atoms with Crippen LogP contribution < -0.4 is 0 Å². The van der Waals surface area contributed by atoms with Crippen LogP contribution in [0.2, 0.25) is 58.9 Å². The van der Waals surface area contributed by atoms with Gasteiger partial charge in [-0.2, -0.15) is 0 Å². The van der Waals surface area contributed by atoms with Gasteiger partial charge in [-0.3, -0.25) is 4.00 Å². The van der Waals surface area contributed by atoms with Crippen molar-refractivity contribution in [2.75, 3.05) is 0 Å². The van der Waals surface area contributed by atoms with Crippen molar-refractivity contribution in [3.05, 3.63) is 35.9 Å². The van der Waals surface area contributed by atoms with E-state index in [1.807, 2.05) is 0 Å². The molecule has 0 aliphatic heterocycles. The molecule has 21 heavy (non-hydrogen) atoms. The second kappa shape index (κ2) is 6.63. The van der Waals surface area contributed by atoms with Crippen molar-refractivity contribution in [2.24, 2.45) is 0 Å². The van der Waals surface area contributed by atoms with E-state index in [-0.39, 0.29) is 0 Å². The monoisotopic (exact) mass is 353 g/mol. The van der Waals surface area contributed by atoms with Crippen LogP contribution in [0.25, 0.3) is 0 Å². The fourth-order valence-electron chi connectivity index (χ4n) is 2.64. The lowest BCUT2D eigenvalue weighted by atomic mass is 10.2. The van der Waals surface area contributed by atoms with Gasteiger partial charge < -0.3 is 0 Å². The summed E-state index contributed by atoms with van der Waals surface area (Å²) in [6.07, 6.45) is 0. The predicted molar refractivity (Wildman–Crippen MR) is 109 cm³/mol. The zero-order valence-electron chi connectivity index (χ0n) is 15.3. The molecule has 0 heterocycles. The molecule has 0 saturated carbocycles. The first-order valence-corrected chi connectivity index (χ1v) is 19.0. The molecule has 0 aliphatic carbocycles. The van der Waals surface area contributed by atoms with Crippen LogP contribution in [-0.2, 0) is 0 Å². The Kier molecular flexibility index (Phi) is 6.01. The SMILES string of the molecule is C[Si](C)(C)C(=PN([Si](C)(C)C)[Si](C)(C)C)c1ccccc1. The van der Waals surface area contributed by atoms with E-state index in [2.05, 4.69) is 93.3 Å². The molecule has 1 nitrogen and oxygen atoms in total. The van der Waals surface area contributed by atoms with Gasteiger partial charge in [-0.15, -0.1) is 0 Å². The van der Waals surface area contributed by atoms with Crippen LogP contribution >= 0.6 is 8.35 Å². The molecule has 0 N–H and O–H groups in total. The van der Waals surface area contributed by atoms with Gasteiger partial charge in [0.15, 0.2) is 0 Å². The van der Waals surface area contributed by atoms with E-state index in [0.29, 0.717) is 0 Å². The number of nitrogens with zero attached hydrogens (tertiary/aromatic N) is 1. The highest BCUT2D eigenvalue weighted by Crippen LogP contribution is 2.32. The third-order valence-electron chi connectivity index (χ3n) is 3.23. The van der Waals surface area contributed by atoms with E-state index in [1.54, 1.807) is 4.92 Å². The Bertz CT molecular complexity index is 479. The molecule has 0 bridgehead atoms. The van der Waals surface area contributed by atoms with Crippen molar-refractivity contribution in [2.45, 2.75) is 58.9 Å². The minimum absolute atomic E-state index is 1.31. The second-order valence-corrected chi connectivity index (χ2v) is 26.0. The van der Waals surface area contributed by atoms with E-state index >= 15 is 0 Å². The first-order chi connectivity index (χ1) is 9.33. The summed E-state index contributed by atoms with van der Waals surface area (Å²) in [7, 11) is -2.48. The summed E-state index contributed by atoms with van der Waals surface area (Å²) >= 11 is 0. The average Bonchev–Trinajstić information content (AvgIpc) is 2.25. The van der Waals surface area contributed by atoms with Crippen molar-refractivity contribution in [1.29, 1.82) is 0 Å². The molecule has 0 saturated heterocycles. The van der Waals surface area contributed by atoms with Gasteiger partial charge in [-0.25, -0.2) is 0 Å². The van der Waals surface area contributed by atoms with Crippen LogP contribution in [0.4, 0.5) is 0 Å². The van der Waals surface area contributed by atoms with Crippen molar-refractivity contribution in [1.82, 2.24) is 4.00 Å². The highest BCUT2D eigenvalue weighted by atomic mass is 31.1. The van der Waals surface area contributed by atoms with Gasteiger partial charge in [0.1, 0.15) is 16.5 Å². The standard InChI is InChI=1S/C16H32NPSi3/c1-19(2,3)16(15-13-11-10-12-14-15)18-17(20(4,5)6)21(7,8)9/h10-14H,1-9H3. The lowest BCUT2D eigenvalue weighted by molar-refractivity contribution is 0.998. The van der Waals surface area contributed by atoms with Gasteiger partial charge in [0.25, 0.3) is 0 Å². The summed E-state index contributed by atoms with van der Waals surface area (Å²) in [4.78, 5) is 1.69. The quantitative estimate of drug-likeness (QED) is 0.469. The van der Waals surface area contributed by atoms with Crippen molar-refractivity contribution in [3.63, 3.8) is 0 Å². The minimum atomic E-state index is -1.34. The highest BCUT2D eigenvalue weighted by molar-refractivity contribution is 7.54. The van der Waals surface area contributed by atoms with E-state index < -0.39 is 24.5 Å². The van der Waals surface area contributed by atoms with E-state index in [9.17, 15) is 0 Å². The third kappa shape index (κ3) is 5.61. The Hall–Kier alpha value is 0.000649. The summed E-state index contributed by atoms with van der Waals surface area (Å²) in [6.45, 7) is 22.4. The Morgan fingerprint density at radius 3 is 1.52 bits per heavy atom. The van der Waals surface area contributed by atoms with Crippen LogP contribution in [0.5, 0.6) is 0 Å². The first-order valence-electron chi connectivity index (χ1n) is 7.78. The Morgan fingerprint density at radius 1 is 0.762 bits per heavy atom. The molecule has 1 aromatic carbocycles. The molecule has 0 atom stereocenters. The maximum absolute atomic E-state index is 2.89. The maximum Gasteiger partial charge on any atom is 0.120 e. The Balaban J connectivity index is 3.44. The molecule has 0 spiro atoms. The minimum Gasteiger partial charge on any atom is -0.300 e. The van der Waals surface area contributed by atoms with Gasteiger partial charge in [0.2, 0.25) is 0 Å². The van der Waals surface area contributed by atoms with Crippen LogP contribution in [0, 0.1) is 0 Å². The van der Waals surface area contributed by atoms with E-state index in [1.165, 1.54) is 13.9 Å². The van der Waals surface area contributed by atoms with Gasteiger partial charge in [0, 0.05) is 0 Å². The lowest BCUT2D eigenvalue weighted by Gasteiger charge is -2.41. The van der Waals surface area contributed by atoms with E-state index in [0.717, 1.165) is 0 Å². The number of hydrogen-bond acceptors (Lipinski definition) is 1. The molecule has 0 radical (unpaired) electrons. The molecule has 118 valence electrons. The number of rotatable bonds is 5. The van der Waals surface area contributed by atoms with Crippen LogP contribution in [0.1, 0.15) is 5.56 Å². The number of hydrogen-bond donors (Lipinski definition) is 0. The van der Waals surface area contributed by atoms with Gasteiger partial charge in [0.05, 0.1) is 8.07 Å². The topological polar surface area (TPSA) is 3.24 Å². The molecule has 5 heteroatoms. The molecule has 1 rings (SSSR count).